The van der Waals surface area contributed by atoms with Gasteiger partial charge in [-0.1, -0.05) is 23.7 Å². The zero-order chi connectivity index (χ0) is 20.3. The SMILES string of the molecule is CC(=O)CC(S)OC(=O)C1=C(C)NC(C)=C([N+](=O)[O-])C1c1cccc(Cl)c1. The summed E-state index contributed by atoms with van der Waals surface area (Å²) >= 11 is 10.1. The lowest BCUT2D eigenvalue weighted by molar-refractivity contribution is -0.431. The molecule has 0 aliphatic carbocycles. The van der Waals surface area contributed by atoms with Gasteiger partial charge in [0, 0.05) is 10.7 Å². The molecule has 144 valence electrons. The van der Waals surface area contributed by atoms with Gasteiger partial charge in [-0.15, -0.1) is 12.6 Å². The number of dihydropyridines is 1. The van der Waals surface area contributed by atoms with E-state index in [1.165, 1.54) is 6.92 Å². The summed E-state index contributed by atoms with van der Waals surface area (Å²) in [4.78, 5) is 35.2. The van der Waals surface area contributed by atoms with E-state index in [9.17, 15) is 19.7 Å². The van der Waals surface area contributed by atoms with Gasteiger partial charge >= 0.3 is 5.97 Å². The first-order chi connectivity index (χ1) is 12.6. The summed E-state index contributed by atoms with van der Waals surface area (Å²) in [7, 11) is 0. The highest BCUT2D eigenvalue weighted by atomic mass is 35.5. The lowest BCUT2D eigenvalue weighted by Gasteiger charge is -2.27. The lowest BCUT2D eigenvalue weighted by atomic mass is 9.84. The van der Waals surface area contributed by atoms with Crippen molar-refractivity contribution < 1.29 is 19.2 Å². The van der Waals surface area contributed by atoms with E-state index in [4.69, 9.17) is 16.3 Å². The minimum atomic E-state index is -0.967. The van der Waals surface area contributed by atoms with Gasteiger partial charge in [0.2, 0.25) is 0 Å². The molecule has 0 saturated carbocycles. The van der Waals surface area contributed by atoms with Gasteiger partial charge in [0.25, 0.3) is 5.70 Å². The van der Waals surface area contributed by atoms with Crippen LogP contribution in [0.3, 0.4) is 0 Å². The summed E-state index contributed by atoms with van der Waals surface area (Å²) < 4.78 is 5.24. The van der Waals surface area contributed by atoms with Crippen molar-refractivity contribution in [3.05, 3.63) is 67.6 Å². The number of nitrogens with zero attached hydrogens (tertiary/aromatic N) is 1. The van der Waals surface area contributed by atoms with Crippen LogP contribution in [0.25, 0.3) is 0 Å². The molecule has 1 heterocycles. The Kier molecular flexibility index (Phi) is 6.67. The van der Waals surface area contributed by atoms with Crippen LogP contribution in [-0.2, 0) is 14.3 Å². The number of benzene rings is 1. The number of ether oxygens (including phenoxy) is 1. The second-order valence-electron chi connectivity index (χ2n) is 6.19. The molecule has 0 fully saturated rings. The molecule has 0 aromatic heterocycles. The van der Waals surface area contributed by atoms with Crippen molar-refractivity contribution in [3.8, 4) is 0 Å². The number of hydrogen-bond acceptors (Lipinski definition) is 7. The van der Waals surface area contributed by atoms with Gasteiger partial charge in [-0.2, -0.15) is 0 Å². The quantitative estimate of drug-likeness (QED) is 0.244. The van der Waals surface area contributed by atoms with E-state index >= 15 is 0 Å². The number of rotatable bonds is 6. The number of Topliss-reactive ketones (excluding diaryl/α,β-unsaturated/α-hetero) is 1. The largest absolute Gasteiger partial charge is 0.448 e. The van der Waals surface area contributed by atoms with E-state index in [2.05, 4.69) is 17.9 Å². The summed E-state index contributed by atoms with van der Waals surface area (Å²) in [6, 6.07) is 6.53. The van der Waals surface area contributed by atoms with E-state index < -0.39 is 22.2 Å². The van der Waals surface area contributed by atoms with E-state index in [0.29, 0.717) is 22.0 Å². The van der Waals surface area contributed by atoms with E-state index in [-0.39, 0.29) is 23.5 Å². The first-order valence-corrected chi connectivity index (χ1v) is 8.98. The Morgan fingerprint density at radius 1 is 1.37 bits per heavy atom. The van der Waals surface area contributed by atoms with Crippen LogP contribution in [0.1, 0.15) is 38.7 Å². The van der Waals surface area contributed by atoms with Crippen molar-refractivity contribution in [1.29, 1.82) is 0 Å². The Balaban J connectivity index is 2.52. The lowest BCUT2D eigenvalue weighted by Crippen LogP contribution is -2.32. The van der Waals surface area contributed by atoms with Gasteiger partial charge in [-0.05, 0) is 38.5 Å². The third-order valence-electron chi connectivity index (χ3n) is 4.03. The molecule has 2 unspecified atom stereocenters. The molecule has 1 aliphatic rings. The van der Waals surface area contributed by atoms with Crippen molar-refractivity contribution >= 4 is 36.0 Å². The third kappa shape index (κ3) is 4.90. The fourth-order valence-electron chi connectivity index (χ4n) is 2.98. The average Bonchev–Trinajstić information content (AvgIpc) is 2.52. The fraction of sp³-hybridized carbons (Fsp3) is 0.333. The zero-order valence-corrected chi connectivity index (χ0v) is 16.6. The number of allylic oxidation sites excluding steroid dienone is 3. The minimum absolute atomic E-state index is 0.0621. The summed E-state index contributed by atoms with van der Waals surface area (Å²) in [5.74, 6) is -1.94. The van der Waals surface area contributed by atoms with Gasteiger partial charge in [-0.3, -0.25) is 14.9 Å². The molecule has 1 aromatic carbocycles. The monoisotopic (exact) mass is 410 g/mol. The molecule has 2 rings (SSSR count). The number of nitro groups is 1. The summed E-state index contributed by atoms with van der Waals surface area (Å²) in [5, 5.41) is 15.0. The maximum atomic E-state index is 12.8. The molecule has 0 radical (unpaired) electrons. The highest BCUT2D eigenvalue weighted by Crippen LogP contribution is 2.39. The van der Waals surface area contributed by atoms with Crippen molar-refractivity contribution in [2.75, 3.05) is 0 Å². The van der Waals surface area contributed by atoms with Crippen LogP contribution in [-0.4, -0.2) is 22.1 Å². The maximum absolute atomic E-state index is 12.8. The molecular formula is C18H19ClN2O5S. The Morgan fingerprint density at radius 3 is 2.59 bits per heavy atom. The molecule has 0 spiro atoms. The van der Waals surface area contributed by atoms with Crippen LogP contribution < -0.4 is 5.32 Å². The highest BCUT2D eigenvalue weighted by molar-refractivity contribution is 7.80. The molecule has 1 aromatic rings. The normalized spacial score (nSPS) is 18.0. The number of halogens is 1. The van der Waals surface area contributed by atoms with Crippen molar-refractivity contribution in [2.24, 2.45) is 0 Å². The van der Waals surface area contributed by atoms with Crippen LogP contribution in [0.5, 0.6) is 0 Å². The maximum Gasteiger partial charge on any atom is 0.338 e. The number of nitrogens with one attached hydrogen (secondary N) is 1. The summed E-state index contributed by atoms with van der Waals surface area (Å²) in [6.45, 7) is 4.56. The van der Waals surface area contributed by atoms with Crippen LogP contribution in [0.15, 0.2) is 46.9 Å². The molecule has 1 N–H and O–H groups in total. The predicted molar refractivity (Wildman–Crippen MR) is 104 cm³/mol. The first-order valence-electron chi connectivity index (χ1n) is 8.08. The molecule has 1 aliphatic heterocycles. The topological polar surface area (TPSA) is 98.5 Å². The van der Waals surface area contributed by atoms with Crippen molar-refractivity contribution in [3.63, 3.8) is 0 Å². The van der Waals surface area contributed by atoms with Gasteiger partial charge in [-0.25, -0.2) is 4.79 Å². The first kappa shape index (κ1) is 21.0. The number of esters is 1. The van der Waals surface area contributed by atoms with Gasteiger partial charge < -0.3 is 10.1 Å². The second kappa shape index (κ2) is 8.58. The number of ketones is 1. The van der Waals surface area contributed by atoms with E-state index in [1.54, 1.807) is 38.1 Å². The van der Waals surface area contributed by atoms with Gasteiger partial charge in [0.05, 0.1) is 22.6 Å². The molecule has 9 heteroatoms. The number of carbonyl (C=O) groups excluding carboxylic acids is 2. The van der Waals surface area contributed by atoms with Gasteiger partial charge in [0.15, 0.2) is 5.44 Å². The Hall–Kier alpha value is -2.32. The molecular weight excluding hydrogens is 392 g/mol. The zero-order valence-electron chi connectivity index (χ0n) is 15.0. The smallest absolute Gasteiger partial charge is 0.338 e. The fourth-order valence-corrected chi connectivity index (χ4v) is 3.53. The minimum Gasteiger partial charge on any atom is -0.448 e. The molecule has 2 atom stereocenters. The van der Waals surface area contributed by atoms with Crippen molar-refractivity contribution in [2.45, 2.75) is 38.5 Å². The van der Waals surface area contributed by atoms with Crippen molar-refractivity contribution in [1.82, 2.24) is 5.32 Å². The molecule has 7 nitrogen and oxygen atoms in total. The third-order valence-corrected chi connectivity index (χ3v) is 4.55. The highest BCUT2D eigenvalue weighted by Gasteiger charge is 2.41. The van der Waals surface area contributed by atoms with Crippen LogP contribution >= 0.6 is 24.2 Å². The molecule has 0 saturated heterocycles. The molecule has 0 amide bonds. The second-order valence-corrected chi connectivity index (χ2v) is 7.20. The number of carbonyl (C=O) groups is 2. The number of hydrogen-bond donors (Lipinski definition) is 2. The summed E-state index contributed by atoms with van der Waals surface area (Å²) in [5.41, 5.74) is 0.209. The Labute approximate surface area is 167 Å². The predicted octanol–water partition coefficient (Wildman–Crippen LogP) is 3.59. The van der Waals surface area contributed by atoms with Crippen LogP contribution in [0.2, 0.25) is 5.02 Å². The average molecular weight is 411 g/mol. The van der Waals surface area contributed by atoms with E-state index in [1.807, 2.05) is 0 Å². The number of thiol groups is 1. The standard InChI is InChI=1S/C18H19ClN2O5S/c1-9(22)7-14(27)26-18(23)15-10(2)20-11(3)17(21(24)25)16(15)12-5-4-6-13(19)8-12/h4-6,8,14,16,20,27H,7H2,1-3H3. The molecule has 27 heavy (non-hydrogen) atoms. The summed E-state index contributed by atoms with van der Waals surface area (Å²) in [6.07, 6.45) is -0.0621. The Bertz CT molecular complexity index is 865. The van der Waals surface area contributed by atoms with Gasteiger partial charge in [0.1, 0.15) is 11.7 Å². The van der Waals surface area contributed by atoms with Crippen LogP contribution in [0, 0.1) is 10.1 Å². The molecule has 0 bridgehead atoms. The Morgan fingerprint density at radius 2 is 2.04 bits per heavy atom. The van der Waals surface area contributed by atoms with E-state index in [0.717, 1.165) is 0 Å². The van der Waals surface area contributed by atoms with Crippen LogP contribution in [0.4, 0.5) is 0 Å².